The first-order chi connectivity index (χ1) is 15.1. The highest BCUT2D eigenvalue weighted by atomic mass is 35.5. The molecule has 6 nitrogen and oxygen atoms in total. The van der Waals surface area contributed by atoms with Crippen molar-refractivity contribution >= 4 is 40.2 Å². The summed E-state index contributed by atoms with van der Waals surface area (Å²) >= 11 is 7.47. The number of carbonyl (C=O) groups is 1. The molecular formula is C23H24ClN3O3S. The quantitative estimate of drug-likeness (QED) is 0.411. The molecule has 1 aromatic heterocycles. The number of halogens is 1. The summed E-state index contributed by atoms with van der Waals surface area (Å²) in [5, 5.41) is 1.06. The van der Waals surface area contributed by atoms with E-state index in [0.717, 1.165) is 12.0 Å². The summed E-state index contributed by atoms with van der Waals surface area (Å²) in [5.74, 6) is 0.00277. The minimum absolute atomic E-state index is 0.00277. The number of ether oxygens (including phenoxy) is 1. The van der Waals surface area contributed by atoms with Gasteiger partial charge in [-0.2, -0.15) is 0 Å². The molecule has 2 aromatic carbocycles. The predicted molar refractivity (Wildman–Crippen MR) is 124 cm³/mol. The van der Waals surface area contributed by atoms with Gasteiger partial charge in [0.2, 0.25) is 5.91 Å². The van der Waals surface area contributed by atoms with Gasteiger partial charge >= 0.3 is 0 Å². The third-order valence-electron chi connectivity index (χ3n) is 5.20. The zero-order valence-corrected chi connectivity index (χ0v) is 18.9. The van der Waals surface area contributed by atoms with Gasteiger partial charge in [-0.05, 0) is 30.2 Å². The number of aromatic nitrogens is 2. The van der Waals surface area contributed by atoms with E-state index in [1.54, 1.807) is 22.8 Å². The van der Waals surface area contributed by atoms with E-state index in [0.29, 0.717) is 53.9 Å². The monoisotopic (exact) mass is 457 g/mol. The molecule has 1 amide bonds. The summed E-state index contributed by atoms with van der Waals surface area (Å²) in [7, 11) is 0. The van der Waals surface area contributed by atoms with Crippen molar-refractivity contribution in [1.82, 2.24) is 14.5 Å². The number of hydrogen-bond acceptors (Lipinski definition) is 5. The minimum atomic E-state index is -0.508. The second kappa shape index (κ2) is 9.85. The van der Waals surface area contributed by atoms with Gasteiger partial charge in [0.1, 0.15) is 5.25 Å². The fourth-order valence-corrected chi connectivity index (χ4v) is 5.00. The summed E-state index contributed by atoms with van der Waals surface area (Å²) < 4.78 is 7.08. The first-order valence-electron chi connectivity index (χ1n) is 10.4. The molecule has 0 bridgehead atoms. The number of nitrogens with zero attached hydrogens (tertiary/aromatic N) is 3. The summed E-state index contributed by atoms with van der Waals surface area (Å²) in [4.78, 5) is 33.3. The van der Waals surface area contributed by atoms with Crippen molar-refractivity contribution in [2.24, 2.45) is 0 Å². The second-order valence-electron chi connectivity index (χ2n) is 7.36. The fraction of sp³-hybridized carbons (Fsp3) is 0.348. The van der Waals surface area contributed by atoms with Crippen molar-refractivity contribution in [2.75, 3.05) is 26.3 Å². The highest BCUT2D eigenvalue weighted by Crippen LogP contribution is 2.36. The SMILES string of the molecule is CCCn1c(S[C@H](C(=O)N2CCOCC2)c2ccccc2)nc2cc(Cl)ccc2c1=O. The molecule has 1 atom stereocenters. The molecule has 0 N–H and O–H groups in total. The van der Waals surface area contributed by atoms with Gasteiger partial charge in [-0.25, -0.2) is 4.98 Å². The Morgan fingerprint density at radius 1 is 1.19 bits per heavy atom. The Morgan fingerprint density at radius 3 is 2.65 bits per heavy atom. The van der Waals surface area contributed by atoms with Gasteiger partial charge in [0.15, 0.2) is 5.16 Å². The molecule has 0 unspecified atom stereocenters. The number of thioether (sulfide) groups is 1. The Morgan fingerprint density at radius 2 is 1.94 bits per heavy atom. The van der Waals surface area contributed by atoms with Crippen LogP contribution in [0, 0.1) is 0 Å². The molecular weight excluding hydrogens is 434 g/mol. The van der Waals surface area contributed by atoms with Crippen LogP contribution in [0.5, 0.6) is 0 Å². The van der Waals surface area contributed by atoms with E-state index in [1.165, 1.54) is 11.8 Å². The number of hydrogen-bond donors (Lipinski definition) is 0. The maximum absolute atomic E-state index is 13.5. The third kappa shape index (κ3) is 4.79. The van der Waals surface area contributed by atoms with Gasteiger partial charge in [0, 0.05) is 24.7 Å². The Balaban J connectivity index is 1.79. The summed E-state index contributed by atoms with van der Waals surface area (Å²) in [6.45, 7) is 4.73. The predicted octanol–water partition coefficient (Wildman–Crippen LogP) is 4.15. The van der Waals surface area contributed by atoms with Crippen LogP contribution in [0.2, 0.25) is 5.02 Å². The molecule has 31 heavy (non-hydrogen) atoms. The molecule has 1 aliphatic heterocycles. The van der Waals surface area contributed by atoms with Gasteiger partial charge in [-0.3, -0.25) is 14.2 Å². The summed E-state index contributed by atoms with van der Waals surface area (Å²) in [6, 6.07) is 14.7. The molecule has 3 aromatic rings. The Bertz CT molecular complexity index is 1130. The summed E-state index contributed by atoms with van der Waals surface area (Å²) in [5.41, 5.74) is 1.31. The van der Waals surface area contributed by atoms with Crippen LogP contribution in [0.25, 0.3) is 10.9 Å². The van der Waals surface area contributed by atoms with Gasteiger partial charge in [-0.1, -0.05) is 60.6 Å². The molecule has 0 radical (unpaired) electrons. The van der Waals surface area contributed by atoms with Crippen molar-refractivity contribution in [3.63, 3.8) is 0 Å². The lowest BCUT2D eigenvalue weighted by Gasteiger charge is -2.30. The highest BCUT2D eigenvalue weighted by molar-refractivity contribution is 8.00. The van der Waals surface area contributed by atoms with E-state index in [-0.39, 0.29) is 11.5 Å². The Kier molecular flexibility index (Phi) is 6.95. The van der Waals surface area contributed by atoms with Crippen LogP contribution < -0.4 is 5.56 Å². The van der Waals surface area contributed by atoms with E-state index in [1.807, 2.05) is 42.2 Å². The molecule has 0 saturated carbocycles. The zero-order valence-electron chi connectivity index (χ0n) is 17.3. The number of rotatable bonds is 6. The fourth-order valence-electron chi connectivity index (χ4n) is 3.63. The van der Waals surface area contributed by atoms with Gasteiger partial charge in [0.25, 0.3) is 5.56 Å². The molecule has 1 fully saturated rings. The molecule has 0 aliphatic carbocycles. The van der Waals surface area contributed by atoms with Gasteiger partial charge in [-0.15, -0.1) is 0 Å². The van der Waals surface area contributed by atoms with Crippen molar-refractivity contribution in [1.29, 1.82) is 0 Å². The Hall–Kier alpha value is -2.35. The standard InChI is InChI=1S/C23H24ClN3O3S/c1-2-10-27-21(28)18-9-8-17(24)15-19(18)25-23(27)31-20(16-6-4-3-5-7-16)22(29)26-11-13-30-14-12-26/h3-9,15,20H,2,10-14H2,1H3/t20-/m0/s1. The number of fused-ring (bicyclic) bond motifs is 1. The van der Waals surface area contributed by atoms with Crippen LogP contribution >= 0.6 is 23.4 Å². The summed E-state index contributed by atoms with van der Waals surface area (Å²) in [6.07, 6.45) is 0.779. The third-order valence-corrected chi connectivity index (χ3v) is 6.67. The average molecular weight is 458 g/mol. The maximum atomic E-state index is 13.5. The topological polar surface area (TPSA) is 64.4 Å². The molecule has 8 heteroatoms. The van der Waals surface area contributed by atoms with Crippen LogP contribution in [0.4, 0.5) is 0 Å². The lowest BCUT2D eigenvalue weighted by molar-refractivity contribution is -0.134. The largest absolute Gasteiger partial charge is 0.378 e. The highest BCUT2D eigenvalue weighted by Gasteiger charge is 2.30. The number of amides is 1. The van der Waals surface area contributed by atoms with E-state index >= 15 is 0 Å². The first-order valence-corrected chi connectivity index (χ1v) is 11.6. The van der Waals surface area contributed by atoms with Crippen molar-refractivity contribution in [3.05, 3.63) is 69.5 Å². The molecule has 2 heterocycles. The Labute approximate surface area is 190 Å². The van der Waals surface area contributed by atoms with Crippen LogP contribution in [-0.2, 0) is 16.1 Å². The van der Waals surface area contributed by atoms with Crippen LogP contribution in [-0.4, -0.2) is 46.7 Å². The van der Waals surface area contributed by atoms with E-state index in [2.05, 4.69) is 0 Å². The number of morpholine rings is 1. The molecule has 4 rings (SSSR count). The van der Waals surface area contributed by atoms with Crippen LogP contribution in [0.1, 0.15) is 24.2 Å². The van der Waals surface area contributed by atoms with Crippen LogP contribution in [0.3, 0.4) is 0 Å². The van der Waals surface area contributed by atoms with Gasteiger partial charge < -0.3 is 9.64 Å². The molecule has 0 spiro atoms. The maximum Gasteiger partial charge on any atom is 0.262 e. The van der Waals surface area contributed by atoms with E-state index in [4.69, 9.17) is 21.3 Å². The van der Waals surface area contributed by atoms with Crippen molar-refractivity contribution in [2.45, 2.75) is 30.3 Å². The van der Waals surface area contributed by atoms with E-state index in [9.17, 15) is 9.59 Å². The van der Waals surface area contributed by atoms with E-state index < -0.39 is 5.25 Å². The first kappa shape index (κ1) is 21.9. The molecule has 1 saturated heterocycles. The normalized spacial score (nSPS) is 15.2. The molecule has 162 valence electrons. The van der Waals surface area contributed by atoms with Crippen LogP contribution in [0.15, 0.2) is 58.5 Å². The number of benzene rings is 2. The smallest absolute Gasteiger partial charge is 0.262 e. The number of carbonyl (C=O) groups excluding carboxylic acids is 1. The minimum Gasteiger partial charge on any atom is -0.378 e. The average Bonchev–Trinajstić information content (AvgIpc) is 2.80. The molecule has 1 aliphatic rings. The lowest BCUT2D eigenvalue weighted by Crippen LogP contribution is -2.42. The second-order valence-corrected chi connectivity index (χ2v) is 8.87. The lowest BCUT2D eigenvalue weighted by atomic mass is 10.1. The van der Waals surface area contributed by atoms with Crippen molar-refractivity contribution in [3.8, 4) is 0 Å². The van der Waals surface area contributed by atoms with Gasteiger partial charge in [0.05, 0.1) is 24.1 Å². The van der Waals surface area contributed by atoms with Crippen molar-refractivity contribution < 1.29 is 9.53 Å². The zero-order chi connectivity index (χ0) is 21.8.